The Bertz CT molecular complexity index is 1000. The van der Waals surface area contributed by atoms with Gasteiger partial charge in [-0.25, -0.2) is 4.98 Å². The van der Waals surface area contributed by atoms with Gasteiger partial charge in [-0.3, -0.25) is 4.99 Å². The lowest BCUT2D eigenvalue weighted by atomic mass is 10.2. The van der Waals surface area contributed by atoms with E-state index in [0.29, 0.717) is 0 Å². The van der Waals surface area contributed by atoms with Gasteiger partial charge in [-0.1, -0.05) is 6.92 Å². The van der Waals surface area contributed by atoms with Crippen LogP contribution in [0.5, 0.6) is 11.5 Å². The van der Waals surface area contributed by atoms with E-state index in [9.17, 15) is 0 Å². The number of nitrogens with one attached hydrogen (secondary N) is 3. The average Bonchev–Trinajstić information content (AvgIpc) is 3.42. The van der Waals surface area contributed by atoms with Gasteiger partial charge in [-0.15, -0.1) is 35.3 Å². The highest BCUT2D eigenvalue weighted by atomic mass is 127. The molecule has 176 valence electrons. The van der Waals surface area contributed by atoms with Crippen molar-refractivity contribution in [2.45, 2.75) is 39.5 Å². The van der Waals surface area contributed by atoms with Gasteiger partial charge in [0, 0.05) is 60.3 Å². The molecule has 32 heavy (non-hydrogen) atoms. The number of guanidine groups is 1. The van der Waals surface area contributed by atoms with Crippen molar-refractivity contribution < 1.29 is 9.47 Å². The second kappa shape index (κ2) is 13.5. The number of halogens is 1. The highest BCUT2D eigenvalue weighted by Crippen LogP contribution is 2.31. The third-order valence-corrected chi connectivity index (χ3v) is 6.19. The number of methoxy groups -OCH3 is 2. The number of benzene rings is 1. The summed E-state index contributed by atoms with van der Waals surface area (Å²) < 4.78 is 10.9. The van der Waals surface area contributed by atoms with E-state index in [2.05, 4.69) is 40.5 Å². The number of H-pyrrole nitrogens is 1. The summed E-state index contributed by atoms with van der Waals surface area (Å²) >= 11 is 1.79. The molecule has 9 heteroatoms. The van der Waals surface area contributed by atoms with Gasteiger partial charge in [0.25, 0.3) is 0 Å². The van der Waals surface area contributed by atoms with E-state index in [4.69, 9.17) is 14.5 Å². The highest BCUT2D eigenvalue weighted by molar-refractivity contribution is 14.0. The van der Waals surface area contributed by atoms with Gasteiger partial charge in [0.1, 0.15) is 11.5 Å². The van der Waals surface area contributed by atoms with Gasteiger partial charge >= 0.3 is 0 Å². The van der Waals surface area contributed by atoms with Gasteiger partial charge in [-0.05, 0) is 32.3 Å². The standard InChI is InChI=1S/C23H33N5O2S.HI/c1-5-18-15-27-22(31-18)9-11-26-23(24-6-2)25-10-7-8-16-12-19-20(28-16)13-17(29-3)14-21(19)30-4;/h12-15,28H,5-11H2,1-4H3,(H2,24,25,26);1H. The fraction of sp³-hybridized carbons (Fsp3) is 0.478. The lowest BCUT2D eigenvalue weighted by molar-refractivity contribution is 0.398. The minimum absolute atomic E-state index is 0. The number of aliphatic imine (C=N–C) groups is 1. The number of ether oxygens (including phenoxy) is 2. The van der Waals surface area contributed by atoms with Crippen molar-refractivity contribution in [1.82, 2.24) is 20.6 Å². The van der Waals surface area contributed by atoms with Crippen molar-refractivity contribution in [2.75, 3.05) is 33.9 Å². The van der Waals surface area contributed by atoms with Gasteiger partial charge in [0.15, 0.2) is 5.96 Å². The van der Waals surface area contributed by atoms with Crippen LogP contribution in [0.15, 0.2) is 29.4 Å². The molecule has 0 saturated carbocycles. The van der Waals surface area contributed by atoms with Crippen LogP contribution < -0.4 is 20.1 Å². The molecule has 3 rings (SSSR count). The van der Waals surface area contributed by atoms with Crippen LogP contribution >= 0.6 is 35.3 Å². The van der Waals surface area contributed by atoms with E-state index in [-0.39, 0.29) is 24.0 Å². The summed E-state index contributed by atoms with van der Waals surface area (Å²) in [4.78, 5) is 14.0. The maximum absolute atomic E-state index is 5.50. The van der Waals surface area contributed by atoms with E-state index in [1.165, 1.54) is 15.6 Å². The van der Waals surface area contributed by atoms with Gasteiger partial charge < -0.3 is 25.1 Å². The van der Waals surface area contributed by atoms with Crippen molar-refractivity contribution in [3.05, 3.63) is 40.0 Å². The van der Waals surface area contributed by atoms with E-state index in [1.54, 1.807) is 25.6 Å². The van der Waals surface area contributed by atoms with Crippen LogP contribution in [-0.2, 0) is 19.3 Å². The lowest BCUT2D eigenvalue weighted by Crippen LogP contribution is -2.38. The number of aryl methyl sites for hydroxylation is 2. The summed E-state index contributed by atoms with van der Waals surface area (Å²) in [7, 11) is 3.35. The van der Waals surface area contributed by atoms with Crippen molar-refractivity contribution in [3.8, 4) is 11.5 Å². The molecule has 0 aliphatic heterocycles. The Morgan fingerprint density at radius 3 is 2.66 bits per heavy atom. The molecule has 3 aromatic rings. The third kappa shape index (κ3) is 7.26. The second-order valence-electron chi connectivity index (χ2n) is 7.20. The molecule has 2 heterocycles. The van der Waals surface area contributed by atoms with Gasteiger partial charge in [-0.2, -0.15) is 0 Å². The largest absolute Gasteiger partial charge is 0.497 e. The minimum Gasteiger partial charge on any atom is -0.497 e. The Morgan fingerprint density at radius 1 is 1.12 bits per heavy atom. The summed E-state index contributed by atoms with van der Waals surface area (Å²) in [5, 5.41) is 8.98. The molecule has 0 amide bonds. The number of fused-ring (bicyclic) bond motifs is 1. The Labute approximate surface area is 211 Å². The molecule has 0 aliphatic carbocycles. The van der Waals surface area contributed by atoms with Crippen LogP contribution in [0, 0.1) is 0 Å². The zero-order chi connectivity index (χ0) is 22.1. The summed E-state index contributed by atoms with van der Waals surface area (Å²) in [6.45, 7) is 6.66. The molecule has 0 saturated heterocycles. The smallest absolute Gasteiger partial charge is 0.191 e. The zero-order valence-corrected chi connectivity index (χ0v) is 22.4. The first-order valence-corrected chi connectivity index (χ1v) is 11.7. The number of aromatic nitrogens is 2. The third-order valence-electron chi connectivity index (χ3n) is 4.98. The Hall–Kier alpha value is -2.01. The lowest BCUT2D eigenvalue weighted by Gasteiger charge is -2.10. The second-order valence-corrected chi connectivity index (χ2v) is 8.40. The quantitative estimate of drug-likeness (QED) is 0.136. The van der Waals surface area contributed by atoms with Gasteiger partial charge in [0.05, 0.1) is 24.7 Å². The number of thiazole rings is 1. The van der Waals surface area contributed by atoms with E-state index >= 15 is 0 Å². The molecular weight excluding hydrogens is 537 g/mol. The first kappa shape index (κ1) is 26.2. The Balaban J connectivity index is 0.00000363. The SMILES string of the molecule is CCNC(=NCCCc1cc2c(OC)cc(OC)cc2[nH]1)NCCc1ncc(CC)s1.I. The maximum Gasteiger partial charge on any atom is 0.191 e. The average molecular weight is 572 g/mol. The van der Waals surface area contributed by atoms with Crippen molar-refractivity contribution >= 4 is 52.2 Å². The molecule has 0 bridgehead atoms. The van der Waals surface area contributed by atoms with Crippen molar-refractivity contribution in [3.63, 3.8) is 0 Å². The maximum atomic E-state index is 5.50. The summed E-state index contributed by atoms with van der Waals surface area (Å²) in [5.74, 6) is 2.46. The fourth-order valence-corrected chi connectivity index (χ4v) is 4.24. The van der Waals surface area contributed by atoms with E-state index in [0.717, 1.165) is 73.7 Å². The first-order chi connectivity index (χ1) is 15.2. The molecule has 0 atom stereocenters. The van der Waals surface area contributed by atoms with Crippen molar-refractivity contribution in [2.24, 2.45) is 4.99 Å². The molecule has 0 unspecified atom stereocenters. The normalized spacial score (nSPS) is 11.3. The van der Waals surface area contributed by atoms with Crippen LogP contribution in [0.2, 0.25) is 0 Å². The molecule has 0 spiro atoms. The molecule has 0 aliphatic rings. The van der Waals surface area contributed by atoms with Crippen LogP contribution in [0.25, 0.3) is 10.9 Å². The molecule has 2 aromatic heterocycles. The topological polar surface area (TPSA) is 83.6 Å². The molecule has 0 fully saturated rings. The van der Waals surface area contributed by atoms with E-state index in [1.807, 2.05) is 18.3 Å². The Kier molecular flexibility index (Phi) is 11.1. The predicted molar refractivity (Wildman–Crippen MR) is 144 cm³/mol. The molecule has 3 N–H and O–H groups in total. The highest BCUT2D eigenvalue weighted by Gasteiger charge is 2.09. The minimum atomic E-state index is 0. The van der Waals surface area contributed by atoms with Crippen LogP contribution in [0.3, 0.4) is 0 Å². The Morgan fingerprint density at radius 2 is 1.97 bits per heavy atom. The first-order valence-electron chi connectivity index (χ1n) is 10.9. The van der Waals surface area contributed by atoms with E-state index < -0.39 is 0 Å². The summed E-state index contributed by atoms with van der Waals surface area (Å²) in [6.07, 6.45) is 5.81. The summed E-state index contributed by atoms with van der Waals surface area (Å²) in [6, 6.07) is 6.06. The predicted octanol–water partition coefficient (Wildman–Crippen LogP) is 4.55. The molecule has 7 nitrogen and oxygen atoms in total. The van der Waals surface area contributed by atoms with Crippen molar-refractivity contribution in [1.29, 1.82) is 0 Å². The molecular formula is C23H34IN5O2S. The number of hydrogen-bond acceptors (Lipinski definition) is 5. The molecule has 0 radical (unpaired) electrons. The van der Waals surface area contributed by atoms with Crippen LogP contribution in [-0.4, -0.2) is 49.8 Å². The number of aromatic amines is 1. The van der Waals surface area contributed by atoms with Crippen LogP contribution in [0.4, 0.5) is 0 Å². The number of rotatable bonds is 11. The number of nitrogens with zero attached hydrogens (tertiary/aromatic N) is 2. The fourth-order valence-electron chi connectivity index (χ4n) is 3.38. The summed E-state index contributed by atoms with van der Waals surface area (Å²) in [5.41, 5.74) is 2.20. The van der Waals surface area contributed by atoms with Crippen LogP contribution in [0.1, 0.15) is 35.8 Å². The monoisotopic (exact) mass is 571 g/mol. The zero-order valence-electron chi connectivity index (χ0n) is 19.3. The van der Waals surface area contributed by atoms with Gasteiger partial charge in [0.2, 0.25) is 0 Å². The number of hydrogen-bond donors (Lipinski definition) is 3. The molecule has 1 aromatic carbocycles.